The Labute approximate surface area is 162 Å². The summed E-state index contributed by atoms with van der Waals surface area (Å²) >= 11 is 12.0. The SMILES string of the molecule is Cc1cccc(OCCC(=O)O[C@H](C)C(=O)Nc2c(Cl)cccc2Cl)c1. The van der Waals surface area contributed by atoms with Crippen LogP contribution < -0.4 is 10.1 Å². The number of rotatable bonds is 7. The van der Waals surface area contributed by atoms with Crippen molar-refractivity contribution < 1.29 is 19.1 Å². The van der Waals surface area contributed by atoms with Gasteiger partial charge in [0, 0.05) is 0 Å². The first-order valence-electron chi connectivity index (χ1n) is 8.00. The summed E-state index contributed by atoms with van der Waals surface area (Å²) in [4.78, 5) is 24.0. The Balaban J connectivity index is 1.80. The van der Waals surface area contributed by atoms with E-state index in [1.54, 1.807) is 18.2 Å². The minimum Gasteiger partial charge on any atom is -0.493 e. The molecule has 1 atom stereocenters. The van der Waals surface area contributed by atoms with Gasteiger partial charge in [-0.05, 0) is 43.7 Å². The lowest BCUT2D eigenvalue weighted by atomic mass is 10.2. The second-order valence-corrected chi connectivity index (χ2v) is 6.45. The zero-order valence-corrected chi connectivity index (χ0v) is 15.9. The first-order chi connectivity index (χ1) is 12.4. The molecule has 5 nitrogen and oxygen atoms in total. The molecular weight excluding hydrogens is 377 g/mol. The van der Waals surface area contributed by atoms with Crippen LogP contribution in [0, 0.1) is 6.92 Å². The summed E-state index contributed by atoms with van der Waals surface area (Å²) in [6.45, 7) is 3.58. The summed E-state index contributed by atoms with van der Waals surface area (Å²) in [5, 5.41) is 3.16. The zero-order valence-electron chi connectivity index (χ0n) is 14.4. The second kappa shape index (κ2) is 9.46. The van der Waals surface area contributed by atoms with Crippen molar-refractivity contribution in [2.24, 2.45) is 0 Å². The number of hydrogen-bond acceptors (Lipinski definition) is 4. The topological polar surface area (TPSA) is 64.6 Å². The fourth-order valence-corrected chi connectivity index (χ4v) is 2.60. The van der Waals surface area contributed by atoms with E-state index in [-0.39, 0.29) is 18.7 Å². The first-order valence-corrected chi connectivity index (χ1v) is 8.76. The van der Waals surface area contributed by atoms with Crippen LogP contribution in [0.25, 0.3) is 0 Å². The molecule has 1 N–H and O–H groups in total. The van der Waals surface area contributed by atoms with Gasteiger partial charge in [0.05, 0.1) is 28.8 Å². The number of carbonyl (C=O) groups is 2. The lowest BCUT2D eigenvalue weighted by molar-refractivity contribution is -0.153. The Morgan fingerprint density at radius 1 is 1.12 bits per heavy atom. The highest BCUT2D eigenvalue weighted by molar-refractivity contribution is 6.39. The molecule has 2 aromatic carbocycles. The van der Waals surface area contributed by atoms with Crippen molar-refractivity contribution in [2.45, 2.75) is 26.4 Å². The Hall–Kier alpha value is -2.24. The molecule has 0 saturated heterocycles. The highest BCUT2D eigenvalue weighted by Crippen LogP contribution is 2.29. The smallest absolute Gasteiger partial charge is 0.310 e. The van der Waals surface area contributed by atoms with E-state index < -0.39 is 18.0 Å². The third-order valence-electron chi connectivity index (χ3n) is 3.45. The Kier molecular flexibility index (Phi) is 7.30. The van der Waals surface area contributed by atoms with Gasteiger partial charge < -0.3 is 14.8 Å². The number of amides is 1. The number of aryl methyl sites for hydroxylation is 1. The normalized spacial score (nSPS) is 11.5. The van der Waals surface area contributed by atoms with Gasteiger partial charge >= 0.3 is 5.97 Å². The predicted molar refractivity (Wildman–Crippen MR) is 102 cm³/mol. The van der Waals surface area contributed by atoms with E-state index in [4.69, 9.17) is 32.7 Å². The molecule has 0 spiro atoms. The average molecular weight is 396 g/mol. The number of ether oxygens (including phenoxy) is 2. The first kappa shape index (κ1) is 20.1. The third kappa shape index (κ3) is 5.93. The molecular formula is C19H19Cl2NO4. The Morgan fingerprint density at radius 3 is 2.42 bits per heavy atom. The molecule has 0 fully saturated rings. The predicted octanol–water partition coefficient (Wildman–Crippen LogP) is 4.64. The highest BCUT2D eigenvalue weighted by Gasteiger charge is 2.19. The standard InChI is InChI=1S/C19H19Cl2NO4/c1-12-5-3-6-14(11-12)25-10-9-17(23)26-13(2)19(24)22-18-15(20)7-4-8-16(18)21/h3-8,11,13H,9-10H2,1-2H3,(H,22,24)/t13-/m1/s1. The summed E-state index contributed by atoms with van der Waals surface area (Å²) in [6, 6.07) is 12.4. The number of nitrogens with one attached hydrogen (secondary N) is 1. The minimum absolute atomic E-state index is 0.0262. The fourth-order valence-electron chi connectivity index (χ4n) is 2.11. The van der Waals surface area contributed by atoms with Crippen LogP contribution in [-0.2, 0) is 14.3 Å². The number of anilines is 1. The fraction of sp³-hybridized carbons (Fsp3) is 0.263. The number of halogens is 2. The van der Waals surface area contributed by atoms with Crippen molar-refractivity contribution in [1.29, 1.82) is 0 Å². The van der Waals surface area contributed by atoms with Gasteiger partial charge in [-0.1, -0.05) is 41.4 Å². The van der Waals surface area contributed by atoms with Crippen LogP contribution in [0.3, 0.4) is 0 Å². The zero-order chi connectivity index (χ0) is 19.1. The molecule has 0 aliphatic rings. The molecule has 138 valence electrons. The second-order valence-electron chi connectivity index (χ2n) is 5.63. The Morgan fingerprint density at radius 2 is 1.77 bits per heavy atom. The van der Waals surface area contributed by atoms with Crippen LogP contribution in [0.1, 0.15) is 18.9 Å². The number of hydrogen-bond donors (Lipinski definition) is 1. The van der Waals surface area contributed by atoms with E-state index in [1.807, 2.05) is 31.2 Å². The molecule has 2 aromatic rings. The minimum atomic E-state index is -0.992. The van der Waals surface area contributed by atoms with Gasteiger partial charge in [-0.25, -0.2) is 0 Å². The van der Waals surface area contributed by atoms with E-state index in [9.17, 15) is 9.59 Å². The van der Waals surface area contributed by atoms with Gasteiger partial charge in [0.2, 0.25) is 0 Å². The summed E-state index contributed by atoms with van der Waals surface area (Å²) in [7, 11) is 0. The van der Waals surface area contributed by atoms with Gasteiger partial charge in [0.15, 0.2) is 6.10 Å². The van der Waals surface area contributed by atoms with Crippen LogP contribution in [0.2, 0.25) is 10.0 Å². The lowest BCUT2D eigenvalue weighted by Gasteiger charge is -2.15. The summed E-state index contributed by atoms with van der Waals surface area (Å²) in [5.74, 6) is -0.379. The number of esters is 1. The molecule has 2 rings (SSSR count). The lowest BCUT2D eigenvalue weighted by Crippen LogP contribution is -2.30. The summed E-state index contributed by atoms with van der Waals surface area (Å²) in [5.41, 5.74) is 1.35. The van der Waals surface area contributed by atoms with E-state index in [2.05, 4.69) is 5.32 Å². The van der Waals surface area contributed by atoms with Crippen molar-refractivity contribution in [1.82, 2.24) is 0 Å². The molecule has 0 saturated carbocycles. The van der Waals surface area contributed by atoms with Crippen LogP contribution in [-0.4, -0.2) is 24.6 Å². The van der Waals surface area contributed by atoms with Gasteiger partial charge in [0.1, 0.15) is 5.75 Å². The Bertz CT molecular complexity index is 775. The number of para-hydroxylation sites is 1. The average Bonchev–Trinajstić information content (AvgIpc) is 2.58. The monoisotopic (exact) mass is 395 g/mol. The molecule has 0 bridgehead atoms. The van der Waals surface area contributed by atoms with Gasteiger partial charge in [-0.15, -0.1) is 0 Å². The van der Waals surface area contributed by atoms with Crippen LogP contribution in [0.15, 0.2) is 42.5 Å². The molecule has 0 aliphatic heterocycles. The third-order valence-corrected chi connectivity index (χ3v) is 4.08. The van der Waals surface area contributed by atoms with Gasteiger partial charge in [-0.2, -0.15) is 0 Å². The van der Waals surface area contributed by atoms with Gasteiger partial charge in [-0.3, -0.25) is 9.59 Å². The van der Waals surface area contributed by atoms with Crippen molar-refractivity contribution in [3.8, 4) is 5.75 Å². The van der Waals surface area contributed by atoms with Crippen LogP contribution in [0.5, 0.6) is 5.75 Å². The van der Waals surface area contributed by atoms with Crippen molar-refractivity contribution in [3.05, 3.63) is 58.1 Å². The number of carbonyl (C=O) groups excluding carboxylic acids is 2. The molecule has 26 heavy (non-hydrogen) atoms. The molecule has 0 radical (unpaired) electrons. The maximum absolute atomic E-state index is 12.1. The maximum atomic E-state index is 12.1. The maximum Gasteiger partial charge on any atom is 0.310 e. The highest BCUT2D eigenvalue weighted by atomic mass is 35.5. The molecule has 0 heterocycles. The van der Waals surface area contributed by atoms with Crippen molar-refractivity contribution >= 4 is 40.8 Å². The number of benzene rings is 2. The van der Waals surface area contributed by atoms with Crippen molar-refractivity contribution in [2.75, 3.05) is 11.9 Å². The molecule has 0 unspecified atom stereocenters. The van der Waals surface area contributed by atoms with E-state index >= 15 is 0 Å². The molecule has 0 aromatic heterocycles. The van der Waals surface area contributed by atoms with E-state index in [0.29, 0.717) is 15.8 Å². The van der Waals surface area contributed by atoms with E-state index in [1.165, 1.54) is 6.92 Å². The quantitative estimate of drug-likeness (QED) is 0.693. The summed E-state index contributed by atoms with van der Waals surface area (Å²) < 4.78 is 10.6. The van der Waals surface area contributed by atoms with Crippen LogP contribution >= 0.6 is 23.2 Å². The van der Waals surface area contributed by atoms with Crippen molar-refractivity contribution in [3.63, 3.8) is 0 Å². The van der Waals surface area contributed by atoms with Crippen LogP contribution in [0.4, 0.5) is 5.69 Å². The molecule has 7 heteroatoms. The van der Waals surface area contributed by atoms with E-state index in [0.717, 1.165) is 5.56 Å². The molecule has 0 aliphatic carbocycles. The molecule has 1 amide bonds. The van der Waals surface area contributed by atoms with Gasteiger partial charge in [0.25, 0.3) is 5.91 Å². The summed E-state index contributed by atoms with van der Waals surface area (Å²) in [6.07, 6.45) is -0.966. The largest absolute Gasteiger partial charge is 0.493 e.